The Balaban J connectivity index is 3.43. The first-order valence-electron chi connectivity index (χ1n) is 4.64. The molecule has 0 aliphatic carbocycles. The Morgan fingerprint density at radius 1 is 1.50 bits per heavy atom. The van der Waals surface area contributed by atoms with Gasteiger partial charge in [0.15, 0.2) is 9.84 Å². The zero-order chi connectivity index (χ0) is 13.9. The van der Waals surface area contributed by atoms with Crippen molar-refractivity contribution in [3.8, 4) is 11.8 Å². The van der Waals surface area contributed by atoms with Gasteiger partial charge in [-0.1, -0.05) is 17.5 Å². The maximum Gasteiger partial charge on any atom is 0.337 e. The lowest BCUT2D eigenvalue weighted by Gasteiger charge is -2.05. The summed E-state index contributed by atoms with van der Waals surface area (Å²) in [5, 5.41) is 8.16. The molecule has 0 amide bonds. The van der Waals surface area contributed by atoms with Crippen LogP contribution in [-0.4, -0.2) is 25.2 Å². The van der Waals surface area contributed by atoms with E-state index < -0.39 is 42.9 Å². The molecule has 1 rings (SSSR count). The second-order valence-electron chi connectivity index (χ2n) is 3.26. The van der Waals surface area contributed by atoms with Gasteiger partial charge in [0.05, 0.1) is 15.5 Å². The van der Waals surface area contributed by atoms with Crippen LogP contribution in [0.4, 0.5) is 4.39 Å². The van der Waals surface area contributed by atoms with E-state index in [1.54, 1.807) is 0 Å². The fourth-order valence-corrected chi connectivity index (χ4v) is 2.42. The van der Waals surface area contributed by atoms with E-state index in [4.69, 9.17) is 16.7 Å². The highest BCUT2D eigenvalue weighted by atomic mass is 35.5. The van der Waals surface area contributed by atoms with Crippen molar-refractivity contribution in [3.05, 3.63) is 28.5 Å². The number of rotatable bonds is 3. The molecule has 0 spiro atoms. The van der Waals surface area contributed by atoms with Gasteiger partial charge in [-0.2, -0.15) is 0 Å². The van der Waals surface area contributed by atoms with E-state index in [1.807, 2.05) is 0 Å². The summed E-state index contributed by atoms with van der Waals surface area (Å²) in [6, 6.07) is 1.50. The summed E-state index contributed by atoms with van der Waals surface area (Å²) in [6.45, 7) is 1.46. The van der Waals surface area contributed by atoms with Crippen LogP contribution < -0.4 is 0 Å². The molecule has 0 bridgehead atoms. The number of halogens is 2. The highest BCUT2D eigenvalue weighted by Crippen LogP contribution is 2.25. The molecular weight excluding hydrogens is 283 g/mol. The summed E-state index contributed by atoms with van der Waals surface area (Å²) in [5.41, 5.74) is -0.598. The molecule has 0 atom stereocenters. The van der Waals surface area contributed by atoms with Crippen molar-refractivity contribution in [2.24, 2.45) is 0 Å². The monoisotopic (exact) mass is 290 g/mol. The standard InChI is InChI=1S/C11H8ClFO4S/c1-2-3-4-18(16,17)7-5-8(11(14)15)10(12)9(13)6-7/h5-6H,4H2,1H3,(H,14,15). The molecule has 4 nitrogen and oxygen atoms in total. The molecule has 0 saturated carbocycles. The van der Waals surface area contributed by atoms with Gasteiger partial charge in [-0.3, -0.25) is 0 Å². The van der Waals surface area contributed by atoms with Crippen LogP contribution >= 0.6 is 11.6 Å². The number of carbonyl (C=O) groups is 1. The van der Waals surface area contributed by atoms with Crippen LogP contribution in [0, 0.1) is 17.7 Å². The number of benzene rings is 1. The van der Waals surface area contributed by atoms with Gasteiger partial charge in [0.1, 0.15) is 11.6 Å². The van der Waals surface area contributed by atoms with E-state index in [9.17, 15) is 17.6 Å². The number of hydrogen-bond acceptors (Lipinski definition) is 3. The lowest BCUT2D eigenvalue weighted by molar-refractivity contribution is 0.0696. The van der Waals surface area contributed by atoms with Crippen molar-refractivity contribution in [1.29, 1.82) is 0 Å². The zero-order valence-electron chi connectivity index (χ0n) is 9.20. The highest BCUT2D eigenvalue weighted by Gasteiger charge is 2.21. The second kappa shape index (κ2) is 5.38. The van der Waals surface area contributed by atoms with Gasteiger partial charge in [0.2, 0.25) is 0 Å². The molecule has 0 saturated heterocycles. The summed E-state index contributed by atoms with van der Waals surface area (Å²) < 4.78 is 36.8. The Hall–Kier alpha value is -1.58. The lowest BCUT2D eigenvalue weighted by atomic mass is 10.2. The van der Waals surface area contributed by atoms with Gasteiger partial charge in [0, 0.05) is 0 Å². The summed E-state index contributed by atoms with van der Waals surface area (Å²) in [5.74, 6) is 1.61. The largest absolute Gasteiger partial charge is 0.478 e. The summed E-state index contributed by atoms with van der Waals surface area (Å²) in [6.07, 6.45) is 0. The van der Waals surface area contributed by atoms with E-state index in [2.05, 4.69) is 11.8 Å². The van der Waals surface area contributed by atoms with E-state index in [0.29, 0.717) is 6.07 Å². The van der Waals surface area contributed by atoms with E-state index >= 15 is 0 Å². The molecule has 1 aromatic rings. The molecule has 0 aromatic heterocycles. The molecule has 1 aromatic carbocycles. The predicted molar refractivity (Wildman–Crippen MR) is 63.9 cm³/mol. The molecule has 0 fully saturated rings. The van der Waals surface area contributed by atoms with Gasteiger partial charge in [0.25, 0.3) is 0 Å². The molecule has 18 heavy (non-hydrogen) atoms. The van der Waals surface area contributed by atoms with Crippen molar-refractivity contribution >= 4 is 27.4 Å². The minimum absolute atomic E-state index is 0.454. The Labute approximate surface area is 108 Å². The average molecular weight is 291 g/mol. The van der Waals surface area contributed by atoms with Crippen LogP contribution in [0.3, 0.4) is 0 Å². The van der Waals surface area contributed by atoms with E-state index in [1.165, 1.54) is 6.92 Å². The van der Waals surface area contributed by atoms with Crippen molar-refractivity contribution in [2.75, 3.05) is 5.75 Å². The SMILES string of the molecule is CC#CCS(=O)(=O)c1cc(F)c(Cl)c(C(=O)O)c1. The first-order valence-corrected chi connectivity index (χ1v) is 6.67. The number of hydrogen-bond donors (Lipinski definition) is 1. The molecule has 0 aliphatic rings. The summed E-state index contributed by atoms with van der Waals surface area (Å²) in [7, 11) is -3.85. The third kappa shape index (κ3) is 3.00. The smallest absolute Gasteiger partial charge is 0.337 e. The quantitative estimate of drug-likeness (QED) is 0.864. The molecule has 0 radical (unpaired) electrons. The van der Waals surface area contributed by atoms with Gasteiger partial charge >= 0.3 is 5.97 Å². The van der Waals surface area contributed by atoms with Crippen molar-refractivity contribution in [2.45, 2.75) is 11.8 Å². The fourth-order valence-electron chi connectivity index (χ4n) is 1.15. The third-order valence-corrected chi connectivity index (χ3v) is 3.89. The maximum absolute atomic E-state index is 13.4. The predicted octanol–water partition coefficient (Wildman–Crippen LogP) is 1.97. The number of carboxylic acids is 1. The lowest BCUT2D eigenvalue weighted by Crippen LogP contribution is -2.09. The van der Waals surface area contributed by atoms with Crippen LogP contribution in [-0.2, 0) is 9.84 Å². The van der Waals surface area contributed by atoms with Crippen molar-refractivity contribution in [1.82, 2.24) is 0 Å². The van der Waals surface area contributed by atoms with Crippen LogP contribution in [0.1, 0.15) is 17.3 Å². The molecule has 0 aliphatic heterocycles. The van der Waals surface area contributed by atoms with E-state index in [0.717, 1.165) is 6.07 Å². The van der Waals surface area contributed by atoms with Crippen molar-refractivity contribution in [3.63, 3.8) is 0 Å². The molecule has 7 heteroatoms. The first-order chi connectivity index (χ1) is 8.29. The molecule has 1 N–H and O–H groups in total. The summed E-state index contributed by atoms with van der Waals surface area (Å²) >= 11 is 5.44. The molecular formula is C11H8ClFO4S. The third-order valence-electron chi connectivity index (χ3n) is 2.03. The number of aromatic carboxylic acids is 1. The van der Waals surface area contributed by atoms with Crippen LogP contribution in [0.25, 0.3) is 0 Å². The minimum Gasteiger partial charge on any atom is -0.478 e. The molecule has 0 heterocycles. The Bertz CT molecular complexity index is 656. The maximum atomic E-state index is 13.4. The van der Waals surface area contributed by atoms with Gasteiger partial charge in [-0.25, -0.2) is 17.6 Å². The minimum atomic E-state index is -3.85. The fraction of sp³-hybridized carbons (Fsp3) is 0.182. The van der Waals surface area contributed by atoms with Crippen LogP contribution in [0.15, 0.2) is 17.0 Å². The van der Waals surface area contributed by atoms with Crippen LogP contribution in [0.2, 0.25) is 5.02 Å². The van der Waals surface area contributed by atoms with Crippen LogP contribution in [0.5, 0.6) is 0 Å². The number of carboxylic acid groups (broad SMARTS) is 1. The Kier molecular flexibility index (Phi) is 4.33. The topological polar surface area (TPSA) is 71.4 Å². The van der Waals surface area contributed by atoms with Gasteiger partial charge in [-0.05, 0) is 19.1 Å². The summed E-state index contributed by atoms with van der Waals surface area (Å²) in [4.78, 5) is 10.3. The first kappa shape index (κ1) is 14.5. The highest BCUT2D eigenvalue weighted by molar-refractivity contribution is 7.91. The Morgan fingerprint density at radius 3 is 2.61 bits per heavy atom. The van der Waals surface area contributed by atoms with Gasteiger partial charge in [-0.15, -0.1) is 5.92 Å². The number of sulfone groups is 1. The normalized spacial score (nSPS) is 10.6. The molecule has 96 valence electrons. The van der Waals surface area contributed by atoms with E-state index in [-0.39, 0.29) is 0 Å². The second-order valence-corrected chi connectivity index (χ2v) is 5.63. The molecule has 0 unspecified atom stereocenters. The van der Waals surface area contributed by atoms with Crippen molar-refractivity contribution < 1.29 is 22.7 Å². The van der Waals surface area contributed by atoms with Gasteiger partial charge < -0.3 is 5.11 Å². The Morgan fingerprint density at radius 2 is 2.11 bits per heavy atom. The average Bonchev–Trinajstić information content (AvgIpc) is 2.29. The zero-order valence-corrected chi connectivity index (χ0v) is 10.8.